The monoisotopic (exact) mass is 423 g/mol. The minimum atomic E-state index is -0.168. The summed E-state index contributed by atoms with van der Waals surface area (Å²) in [7, 11) is 3.18. The Morgan fingerprint density at radius 1 is 0.967 bits per heavy atom. The van der Waals surface area contributed by atoms with Gasteiger partial charge in [0.15, 0.2) is 5.78 Å². The zero-order valence-electron chi connectivity index (χ0n) is 16.8. The molecule has 0 saturated carbocycles. The lowest BCUT2D eigenvalue weighted by Gasteiger charge is -2.10. The minimum absolute atomic E-state index is 0.0160. The first-order valence-corrected chi connectivity index (χ1v) is 10.1. The van der Waals surface area contributed by atoms with Crippen LogP contribution < -0.4 is 14.8 Å². The van der Waals surface area contributed by atoms with Crippen molar-refractivity contribution in [3.8, 4) is 22.8 Å². The Hall–Kier alpha value is -3.39. The van der Waals surface area contributed by atoms with Gasteiger partial charge >= 0.3 is 0 Å². The van der Waals surface area contributed by atoms with Crippen LogP contribution in [0.3, 0.4) is 0 Å². The Labute approximate surface area is 178 Å². The summed E-state index contributed by atoms with van der Waals surface area (Å²) in [6.07, 6.45) is 0. The molecule has 7 nitrogen and oxygen atoms in total. The molecule has 0 spiro atoms. The molecule has 0 saturated heterocycles. The van der Waals surface area contributed by atoms with E-state index in [1.165, 1.54) is 18.7 Å². The predicted molar refractivity (Wildman–Crippen MR) is 116 cm³/mol. The Balaban J connectivity index is 1.59. The van der Waals surface area contributed by atoms with Gasteiger partial charge in [0, 0.05) is 22.9 Å². The van der Waals surface area contributed by atoms with Gasteiger partial charge in [-0.3, -0.25) is 9.59 Å². The molecule has 0 unspecified atom stereocenters. The van der Waals surface area contributed by atoms with Gasteiger partial charge in [0.05, 0.1) is 25.7 Å². The molecular formula is C22H21N3O4S. The first-order chi connectivity index (χ1) is 14.5. The number of hydrogen-bond acceptors (Lipinski definition) is 7. The number of aromatic nitrogens is 2. The van der Waals surface area contributed by atoms with Gasteiger partial charge < -0.3 is 14.8 Å². The van der Waals surface area contributed by atoms with Crippen molar-refractivity contribution in [1.29, 1.82) is 0 Å². The molecule has 1 aromatic heterocycles. The molecule has 3 aromatic rings. The number of rotatable bonds is 8. The van der Waals surface area contributed by atoms with E-state index in [-0.39, 0.29) is 17.4 Å². The zero-order valence-corrected chi connectivity index (χ0v) is 17.7. The number of ether oxygens (including phenoxy) is 2. The summed E-state index contributed by atoms with van der Waals surface area (Å²) in [5, 5.41) is 11.9. The highest BCUT2D eigenvalue weighted by molar-refractivity contribution is 7.99. The van der Waals surface area contributed by atoms with Gasteiger partial charge in [-0.25, -0.2) is 0 Å². The maximum atomic E-state index is 12.2. The van der Waals surface area contributed by atoms with E-state index >= 15 is 0 Å². The number of carbonyl (C=O) groups excluding carboxylic acids is 2. The van der Waals surface area contributed by atoms with Crippen LogP contribution in [0, 0.1) is 0 Å². The van der Waals surface area contributed by atoms with E-state index in [2.05, 4.69) is 15.5 Å². The summed E-state index contributed by atoms with van der Waals surface area (Å²) < 4.78 is 10.6. The smallest absolute Gasteiger partial charge is 0.234 e. The number of anilines is 1. The predicted octanol–water partition coefficient (Wildman–Crippen LogP) is 4.09. The van der Waals surface area contributed by atoms with Gasteiger partial charge in [-0.1, -0.05) is 11.8 Å². The van der Waals surface area contributed by atoms with Crippen molar-refractivity contribution in [2.75, 3.05) is 25.3 Å². The van der Waals surface area contributed by atoms with Gasteiger partial charge in [0.1, 0.15) is 16.5 Å². The molecule has 0 radical (unpaired) electrons. The van der Waals surface area contributed by atoms with E-state index in [1.807, 2.05) is 24.3 Å². The standard InChI is InChI=1S/C22H21N3O4S/c1-14(26)15-4-6-16(7-5-15)23-21(27)13-30-22-11-10-19(24-25-22)18-9-8-17(28-2)12-20(18)29-3/h4-12H,13H2,1-3H3,(H,23,27). The Kier molecular flexibility index (Phi) is 7.03. The van der Waals surface area contributed by atoms with Crippen molar-refractivity contribution in [1.82, 2.24) is 10.2 Å². The fraction of sp³-hybridized carbons (Fsp3) is 0.182. The molecule has 1 heterocycles. The molecule has 8 heteroatoms. The molecule has 0 aliphatic carbocycles. The maximum Gasteiger partial charge on any atom is 0.234 e. The largest absolute Gasteiger partial charge is 0.497 e. The third-order valence-corrected chi connectivity index (χ3v) is 5.17. The van der Waals surface area contributed by atoms with E-state index in [1.54, 1.807) is 44.6 Å². The molecule has 154 valence electrons. The Morgan fingerprint density at radius 2 is 1.73 bits per heavy atom. The van der Waals surface area contributed by atoms with Crippen molar-refractivity contribution in [2.24, 2.45) is 0 Å². The van der Waals surface area contributed by atoms with E-state index in [0.717, 1.165) is 5.56 Å². The first kappa shape index (κ1) is 21.3. The molecule has 2 aromatic carbocycles. The van der Waals surface area contributed by atoms with Crippen LogP contribution in [0.25, 0.3) is 11.3 Å². The van der Waals surface area contributed by atoms with Crippen LogP contribution in [0.4, 0.5) is 5.69 Å². The summed E-state index contributed by atoms with van der Waals surface area (Å²) in [5.41, 5.74) is 2.70. The average Bonchev–Trinajstić information content (AvgIpc) is 2.78. The second-order valence-electron chi connectivity index (χ2n) is 6.29. The number of Topliss-reactive ketones (excluding diaryl/α,β-unsaturated/α-hetero) is 1. The molecule has 30 heavy (non-hydrogen) atoms. The highest BCUT2D eigenvalue weighted by atomic mass is 32.2. The number of nitrogens with zero attached hydrogens (tertiary/aromatic N) is 2. The third kappa shape index (κ3) is 5.36. The van der Waals surface area contributed by atoms with Gasteiger partial charge in [-0.15, -0.1) is 10.2 Å². The topological polar surface area (TPSA) is 90.4 Å². The molecule has 3 rings (SSSR count). The van der Waals surface area contributed by atoms with Crippen molar-refractivity contribution < 1.29 is 19.1 Å². The fourth-order valence-electron chi connectivity index (χ4n) is 2.68. The third-order valence-electron chi connectivity index (χ3n) is 4.25. The lowest BCUT2D eigenvalue weighted by Crippen LogP contribution is -2.14. The Bertz CT molecular complexity index is 1040. The number of ketones is 1. The van der Waals surface area contributed by atoms with E-state index < -0.39 is 0 Å². The highest BCUT2D eigenvalue weighted by Crippen LogP contribution is 2.32. The van der Waals surface area contributed by atoms with Crippen LogP contribution in [-0.2, 0) is 4.79 Å². The van der Waals surface area contributed by atoms with E-state index in [0.29, 0.717) is 33.5 Å². The molecule has 1 amide bonds. The SMILES string of the molecule is COc1ccc(-c2ccc(SCC(=O)Nc3ccc(C(C)=O)cc3)nn2)c(OC)c1. The highest BCUT2D eigenvalue weighted by Gasteiger charge is 2.11. The minimum Gasteiger partial charge on any atom is -0.497 e. The number of benzene rings is 2. The van der Waals surface area contributed by atoms with Crippen LogP contribution in [0.15, 0.2) is 59.6 Å². The van der Waals surface area contributed by atoms with Crippen LogP contribution in [0.5, 0.6) is 11.5 Å². The van der Waals surface area contributed by atoms with Crippen molar-refractivity contribution >= 4 is 29.1 Å². The number of methoxy groups -OCH3 is 2. The molecule has 0 aliphatic rings. The summed E-state index contributed by atoms with van der Waals surface area (Å²) in [6.45, 7) is 1.50. The summed E-state index contributed by atoms with van der Waals surface area (Å²) in [4.78, 5) is 23.5. The van der Waals surface area contributed by atoms with Gasteiger partial charge in [0.2, 0.25) is 5.91 Å². The van der Waals surface area contributed by atoms with Crippen LogP contribution in [0.2, 0.25) is 0 Å². The zero-order chi connectivity index (χ0) is 21.5. The molecule has 0 fully saturated rings. The lowest BCUT2D eigenvalue weighted by molar-refractivity contribution is -0.113. The van der Waals surface area contributed by atoms with Crippen LogP contribution in [0.1, 0.15) is 17.3 Å². The number of hydrogen-bond donors (Lipinski definition) is 1. The quantitative estimate of drug-likeness (QED) is 0.431. The van der Waals surface area contributed by atoms with Crippen molar-refractivity contribution in [3.63, 3.8) is 0 Å². The van der Waals surface area contributed by atoms with Crippen molar-refractivity contribution in [3.05, 3.63) is 60.2 Å². The van der Waals surface area contributed by atoms with E-state index in [9.17, 15) is 9.59 Å². The fourth-order valence-corrected chi connectivity index (χ4v) is 3.29. The van der Waals surface area contributed by atoms with Crippen LogP contribution in [-0.4, -0.2) is 41.9 Å². The normalized spacial score (nSPS) is 10.4. The van der Waals surface area contributed by atoms with Crippen LogP contribution >= 0.6 is 11.8 Å². The van der Waals surface area contributed by atoms with Gasteiger partial charge in [-0.2, -0.15) is 0 Å². The Morgan fingerprint density at radius 3 is 2.33 bits per heavy atom. The maximum absolute atomic E-state index is 12.2. The average molecular weight is 423 g/mol. The molecule has 0 aliphatic heterocycles. The number of nitrogens with one attached hydrogen (secondary N) is 1. The second kappa shape index (κ2) is 9.89. The summed E-state index contributed by atoms with van der Waals surface area (Å²) in [5.74, 6) is 1.34. The molecule has 0 bridgehead atoms. The molecule has 0 atom stereocenters. The molecular weight excluding hydrogens is 402 g/mol. The summed E-state index contributed by atoms with van der Waals surface area (Å²) >= 11 is 1.28. The number of thioether (sulfide) groups is 1. The lowest BCUT2D eigenvalue weighted by atomic mass is 10.1. The van der Waals surface area contributed by atoms with Gasteiger partial charge in [0.25, 0.3) is 0 Å². The second-order valence-corrected chi connectivity index (χ2v) is 7.29. The molecule has 1 N–H and O–H groups in total. The van der Waals surface area contributed by atoms with E-state index in [4.69, 9.17) is 9.47 Å². The number of amides is 1. The summed E-state index contributed by atoms with van der Waals surface area (Å²) in [6, 6.07) is 15.9. The van der Waals surface area contributed by atoms with Gasteiger partial charge in [-0.05, 0) is 55.5 Å². The van der Waals surface area contributed by atoms with Crippen molar-refractivity contribution in [2.45, 2.75) is 11.9 Å². The number of carbonyl (C=O) groups is 2. The first-order valence-electron chi connectivity index (χ1n) is 9.10.